The Morgan fingerprint density at radius 2 is 1.68 bits per heavy atom. The number of ether oxygens (including phenoxy) is 1. The summed E-state index contributed by atoms with van der Waals surface area (Å²) >= 11 is 0. The lowest BCUT2D eigenvalue weighted by molar-refractivity contribution is -0.134. The molecular formula is C31H36N4O2. The molecule has 1 saturated heterocycles. The largest absolute Gasteiger partial charge is 0.497 e. The van der Waals surface area contributed by atoms with E-state index in [1.807, 2.05) is 24.3 Å². The Labute approximate surface area is 220 Å². The van der Waals surface area contributed by atoms with E-state index in [2.05, 4.69) is 72.2 Å². The minimum atomic E-state index is -0.104. The number of piperazine rings is 1. The van der Waals surface area contributed by atoms with Crippen molar-refractivity contribution >= 4 is 11.6 Å². The zero-order valence-corrected chi connectivity index (χ0v) is 22.1. The van der Waals surface area contributed by atoms with Crippen LogP contribution >= 0.6 is 0 Å². The van der Waals surface area contributed by atoms with Gasteiger partial charge in [-0.05, 0) is 42.7 Å². The average Bonchev–Trinajstić information content (AvgIpc) is 3.37. The molecule has 2 aliphatic heterocycles. The van der Waals surface area contributed by atoms with Gasteiger partial charge in [0.15, 0.2) is 0 Å². The number of carbonyl (C=O) groups excluding carboxylic acids is 1. The fourth-order valence-corrected chi connectivity index (χ4v) is 5.29. The molecule has 5 rings (SSSR count). The van der Waals surface area contributed by atoms with Crippen molar-refractivity contribution < 1.29 is 9.53 Å². The standard InChI is InChI=1S/C31H36N4O2/c1-23-12-13-24(2)28(18-23)30-20-29(26-10-7-11-27(19-26)37-3)32-35(30)31(36)22-34-16-14-33(15-17-34)21-25-8-5-4-6-9-25/h4-13,18-19,30H,14-17,20-22H2,1-3H3/t30-/m1/s1. The first-order valence-electron chi connectivity index (χ1n) is 13.1. The smallest absolute Gasteiger partial charge is 0.257 e. The Bertz CT molecular complexity index is 1270. The number of hydrogen-bond donors (Lipinski definition) is 0. The average molecular weight is 497 g/mol. The zero-order chi connectivity index (χ0) is 25.8. The summed E-state index contributed by atoms with van der Waals surface area (Å²) in [6.45, 7) is 9.24. The number of hydrogen-bond acceptors (Lipinski definition) is 5. The summed E-state index contributed by atoms with van der Waals surface area (Å²) in [5.41, 5.74) is 6.80. The van der Waals surface area contributed by atoms with Gasteiger partial charge in [0.1, 0.15) is 5.75 Å². The number of amides is 1. The number of rotatable bonds is 7. The fraction of sp³-hybridized carbons (Fsp3) is 0.355. The number of methoxy groups -OCH3 is 1. The van der Waals surface area contributed by atoms with Gasteiger partial charge in [0.05, 0.1) is 25.4 Å². The van der Waals surface area contributed by atoms with Gasteiger partial charge in [-0.1, -0.05) is 66.2 Å². The molecule has 0 saturated carbocycles. The van der Waals surface area contributed by atoms with Crippen molar-refractivity contribution in [3.8, 4) is 5.75 Å². The highest BCUT2D eigenvalue weighted by atomic mass is 16.5. The second-order valence-corrected chi connectivity index (χ2v) is 10.1. The second kappa shape index (κ2) is 11.3. The van der Waals surface area contributed by atoms with Gasteiger partial charge in [-0.3, -0.25) is 14.6 Å². The lowest BCUT2D eigenvalue weighted by atomic mass is 9.94. The normalized spacial score (nSPS) is 18.6. The van der Waals surface area contributed by atoms with Crippen LogP contribution in [0.5, 0.6) is 5.75 Å². The van der Waals surface area contributed by atoms with E-state index < -0.39 is 0 Å². The molecule has 0 unspecified atom stereocenters. The molecule has 37 heavy (non-hydrogen) atoms. The van der Waals surface area contributed by atoms with Crippen molar-refractivity contribution in [2.24, 2.45) is 5.10 Å². The molecule has 2 heterocycles. The van der Waals surface area contributed by atoms with Gasteiger partial charge in [-0.2, -0.15) is 5.10 Å². The summed E-state index contributed by atoms with van der Waals surface area (Å²) in [5.74, 6) is 0.849. The maximum Gasteiger partial charge on any atom is 0.257 e. The molecular weight excluding hydrogens is 460 g/mol. The summed E-state index contributed by atoms with van der Waals surface area (Å²) in [5, 5.41) is 6.65. The first kappa shape index (κ1) is 25.2. The Hall–Kier alpha value is -3.48. The maximum atomic E-state index is 13.7. The topological polar surface area (TPSA) is 48.4 Å². The molecule has 3 aromatic rings. The predicted molar refractivity (Wildman–Crippen MR) is 148 cm³/mol. The Morgan fingerprint density at radius 3 is 2.43 bits per heavy atom. The van der Waals surface area contributed by atoms with E-state index in [4.69, 9.17) is 9.84 Å². The predicted octanol–water partition coefficient (Wildman–Crippen LogP) is 4.81. The third kappa shape index (κ3) is 5.92. The lowest BCUT2D eigenvalue weighted by Gasteiger charge is -2.35. The first-order chi connectivity index (χ1) is 18.0. The number of aryl methyl sites for hydroxylation is 2. The van der Waals surface area contributed by atoms with E-state index in [9.17, 15) is 4.79 Å². The maximum absolute atomic E-state index is 13.7. The van der Waals surface area contributed by atoms with Crippen LogP contribution in [0.3, 0.4) is 0 Å². The van der Waals surface area contributed by atoms with Gasteiger partial charge in [0.25, 0.3) is 5.91 Å². The Kier molecular flexibility index (Phi) is 7.68. The lowest BCUT2D eigenvalue weighted by Crippen LogP contribution is -2.49. The van der Waals surface area contributed by atoms with Crippen molar-refractivity contribution in [1.29, 1.82) is 0 Å². The van der Waals surface area contributed by atoms with Crippen LogP contribution in [-0.4, -0.2) is 66.3 Å². The molecule has 3 aromatic carbocycles. The van der Waals surface area contributed by atoms with E-state index in [1.54, 1.807) is 12.1 Å². The molecule has 6 heteroatoms. The van der Waals surface area contributed by atoms with Crippen LogP contribution in [-0.2, 0) is 11.3 Å². The highest BCUT2D eigenvalue weighted by molar-refractivity contribution is 6.03. The zero-order valence-electron chi connectivity index (χ0n) is 22.1. The molecule has 0 spiro atoms. The van der Waals surface area contributed by atoms with Crippen LogP contribution in [0, 0.1) is 13.8 Å². The molecule has 1 fully saturated rings. The molecule has 0 N–H and O–H groups in total. The molecule has 0 radical (unpaired) electrons. The molecule has 1 atom stereocenters. The van der Waals surface area contributed by atoms with Gasteiger partial charge in [-0.15, -0.1) is 0 Å². The van der Waals surface area contributed by atoms with Gasteiger partial charge in [0, 0.05) is 44.7 Å². The summed E-state index contributed by atoms with van der Waals surface area (Å²) in [4.78, 5) is 18.4. The van der Waals surface area contributed by atoms with Crippen molar-refractivity contribution in [3.05, 3.63) is 101 Å². The Balaban J connectivity index is 1.31. The molecule has 1 amide bonds. The molecule has 6 nitrogen and oxygen atoms in total. The minimum absolute atomic E-state index is 0.0558. The quantitative estimate of drug-likeness (QED) is 0.471. The fourth-order valence-electron chi connectivity index (χ4n) is 5.29. The SMILES string of the molecule is COc1cccc(C2=NN(C(=O)CN3CCN(Cc4ccccc4)CC3)[C@@H](c3cc(C)ccc3C)C2)c1. The monoisotopic (exact) mass is 496 g/mol. The third-order valence-corrected chi connectivity index (χ3v) is 7.44. The van der Waals surface area contributed by atoms with E-state index in [0.29, 0.717) is 13.0 Å². The molecule has 0 aromatic heterocycles. The summed E-state index contributed by atoms with van der Waals surface area (Å²) in [6.07, 6.45) is 0.689. The van der Waals surface area contributed by atoms with E-state index in [-0.39, 0.29) is 11.9 Å². The number of nitrogens with zero attached hydrogens (tertiary/aromatic N) is 4. The van der Waals surface area contributed by atoms with Crippen molar-refractivity contribution in [2.75, 3.05) is 39.8 Å². The van der Waals surface area contributed by atoms with Crippen LogP contribution in [0.25, 0.3) is 0 Å². The number of hydrazone groups is 1. The van der Waals surface area contributed by atoms with Crippen LogP contribution in [0.4, 0.5) is 0 Å². The van der Waals surface area contributed by atoms with Crippen molar-refractivity contribution in [2.45, 2.75) is 32.9 Å². The van der Waals surface area contributed by atoms with Crippen LogP contribution in [0.1, 0.15) is 40.3 Å². The van der Waals surface area contributed by atoms with E-state index in [1.165, 1.54) is 22.3 Å². The van der Waals surface area contributed by atoms with Crippen LogP contribution in [0.15, 0.2) is 77.9 Å². The molecule has 0 bridgehead atoms. The third-order valence-electron chi connectivity index (χ3n) is 7.44. The highest BCUT2D eigenvalue weighted by Gasteiger charge is 2.35. The van der Waals surface area contributed by atoms with E-state index >= 15 is 0 Å². The van der Waals surface area contributed by atoms with Crippen molar-refractivity contribution in [3.63, 3.8) is 0 Å². The number of benzene rings is 3. The molecule has 192 valence electrons. The van der Waals surface area contributed by atoms with Gasteiger partial charge in [-0.25, -0.2) is 5.01 Å². The number of carbonyl (C=O) groups is 1. The Morgan fingerprint density at radius 1 is 0.919 bits per heavy atom. The highest BCUT2D eigenvalue weighted by Crippen LogP contribution is 2.35. The van der Waals surface area contributed by atoms with Crippen LogP contribution < -0.4 is 4.74 Å². The van der Waals surface area contributed by atoms with E-state index in [0.717, 1.165) is 49.7 Å². The van der Waals surface area contributed by atoms with Gasteiger partial charge in [0.2, 0.25) is 0 Å². The summed E-state index contributed by atoms with van der Waals surface area (Å²) < 4.78 is 5.44. The molecule has 0 aliphatic carbocycles. The van der Waals surface area contributed by atoms with Gasteiger partial charge < -0.3 is 4.74 Å². The van der Waals surface area contributed by atoms with Gasteiger partial charge >= 0.3 is 0 Å². The van der Waals surface area contributed by atoms with Crippen molar-refractivity contribution in [1.82, 2.24) is 14.8 Å². The minimum Gasteiger partial charge on any atom is -0.497 e. The first-order valence-corrected chi connectivity index (χ1v) is 13.1. The molecule has 2 aliphatic rings. The summed E-state index contributed by atoms with van der Waals surface area (Å²) in [6, 6.07) is 24.9. The van der Waals surface area contributed by atoms with Crippen LogP contribution in [0.2, 0.25) is 0 Å². The summed E-state index contributed by atoms with van der Waals surface area (Å²) in [7, 11) is 1.67. The second-order valence-electron chi connectivity index (χ2n) is 10.1.